The number of nitrogens with two attached hydrogens (primary N) is 1. The van der Waals surface area contributed by atoms with Gasteiger partial charge in [-0.2, -0.15) is 5.26 Å². The summed E-state index contributed by atoms with van der Waals surface area (Å²) in [6, 6.07) is 7.39. The van der Waals surface area contributed by atoms with Crippen LogP contribution in [0.5, 0.6) is 0 Å². The van der Waals surface area contributed by atoms with Gasteiger partial charge >= 0.3 is 0 Å². The average Bonchev–Trinajstić information content (AvgIpc) is 3.00. The van der Waals surface area contributed by atoms with E-state index < -0.39 is 0 Å². The van der Waals surface area contributed by atoms with Crippen LogP contribution in [0.3, 0.4) is 0 Å². The molecular formula is C12H12N3O2S+. The molecule has 2 aromatic heterocycles. The third kappa shape index (κ3) is 3.20. The van der Waals surface area contributed by atoms with Crippen LogP contribution in [-0.2, 0) is 11.3 Å². The Bertz CT molecular complexity index is 554. The van der Waals surface area contributed by atoms with Gasteiger partial charge in [-0.05, 0) is 23.6 Å². The molecule has 0 fully saturated rings. The van der Waals surface area contributed by atoms with E-state index in [1.165, 1.54) is 11.3 Å². The fraction of sp³-hybridized carbons (Fsp3) is 0.167. The number of hydrogen-bond acceptors (Lipinski definition) is 4. The fourth-order valence-electron chi connectivity index (χ4n) is 1.45. The highest BCUT2D eigenvalue weighted by Gasteiger charge is 2.09. The summed E-state index contributed by atoms with van der Waals surface area (Å²) >= 11 is 1.35. The first-order valence-corrected chi connectivity index (χ1v) is 6.29. The predicted octanol–water partition coefficient (Wildman–Crippen LogP) is 0.915. The van der Waals surface area contributed by atoms with Gasteiger partial charge in [0.25, 0.3) is 5.91 Å². The number of anilines is 1. The molecule has 0 unspecified atom stereocenters. The number of rotatable bonds is 5. The molecule has 0 radical (unpaired) electrons. The fourth-order valence-corrected chi connectivity index (χ4v) is 2.20. The number of nitrogens with one attached hydrogen (secondary N) is 1. The van der Waals surface area contributed by atoms with E-state index in [1.807, 2.05) is 23.5 Å². The van der Waals surface area contributed by atoms with Crippen LogP contribution in [0.1, 0.15) is 11.3 Å². The number of quaternary nitrogens is 1. The van der Waals surface area contributed by atoms with Crippen LogP contribution in [0, 0.1) is 11.3 Å². The van der Waals surface area contributed by atoms with Gasteiger partial charge in [-0.25, -0.2) is 0 Å². The Morgan fingerprint density at radius 1 is 1.56 bits per heavy atom. The molecule has 0 bridgehead atoms. The summed E-state index contributed by atoms with van der Waals surface area (Å²) in [6.45, 7) is 0.916. The largest absolute Gasteiger partial charge is 0.463 e. The number of hydrogen-bond donors (Lipinski definition) is 2. The number of nitriles is 1. The van der Waals surface area contributed by atoms with Crippen molar-refractivity contribution in [3.8, 4) is 6.07 Å². The van der Waals surface area contributed by atoms with Crippen molar-refractivity contribution in [2.45, 2.75) is 6.54 Å². The second kappa shape index (κ2) is 6.00. The SMILES string of the molecule is N#Cc1ccsc1NC(=O)C[NH2+]Cc1ccco1. The molecule has 0 atom stereocenters. The minimum absolute atomic E-state index is 0.125. The maximum Gasteiger partial charge on any atom is 0.280 e. The van der Waals surface area contributed by atoms with Gasteiger partial charge in [-0.1, -0.05) is 0 Å². The lowest BCUT2D eigenvalue weighted by molar-refractivity contribution is -0.661. The first-order chi connectivity index (χ1) is 8.79. The first-order valence-electron chi connectivity index (χ1n) is 5.41. The van der Waals surface area contributed by atoms with Crippen LogP contribution in [-0.4, -0.2) is 12.5 Å². The second-order valence-corrected chi connectivity index (χ2v) is 4.52. The number of carbonyl (C=O) groups excluding carboxylic acids is 1. The summed E-state index contributed by atoms with van der Waals surface area (Å²) in [5.41, 5.74) is 0.499. The zero-order chi connectivity index (χ0) is 12.8. The van der Waals surface area contributed by atoms with Crippen LogP contribution in [0.2, 0.25) is 0 Å². The van der Waals surface area contributed by atoms with E-state index in [0.717, 1.165) is 5.76 Å². The quantitative estimate of drug-likeness (QED) is 0.840. The Kier molecular flexibility index (Phi) is 4.12. The molecule has 0 spiro atoms. The summed E-state index contributed by atoms with van der Waals surface area (Å²) in [4.78, 5) is 11.6. The molecule has 92 valence electrons. The van der Waals surface area contributed by atoms with E-state index in [-0.39, 0.29) is 5.91 Å². The Morgan fingerprint density at radius 3 is 3.17 bits per heavy atom. The van der Waals surface area contributed by atoms with E-state index in [2.05, 4.69) is 5.32 Å². The van der Waals surface area contributed by atoms with Gasteiger partial charge < -0.3 is 15.1 Å². The maximum absolute atomic E-state index is 11.6. The van der Waals surface area contributed by atoms with E-state index in [4.69, 9.17) is 9.68 Å². The zero-order valence-electron chi connectivity index (χ0n) is 9.55. The molecular weight excluding hydrogens is 250 g/mol. The van der Waals surface area contributed by atoms with Gasteiger partial charge in [0.1, 0.15) is 17.6 Å². The molecule has 1 amide bonds. The van der Waals surface area contributed by atoms with Gasteiger partial charge in [0.2, 0.25) is 0 Å². The van der Waals surface area contributed by atoms with E-state index in [9.17, 15) is 4.79 Å². The zero-order valence-corrected chi connectivity index (χ0v) is 10.4. The Morgan fingerprint density at radius 2 is 2.44 bits per heavy atom. The van der Waals surface area contributed by atoms with Gasteiger partial charge in [-0.15, -0.1) is 11.3 Å². The summed E-state index contributed by atoms with van der Waals surface area (Å²) in [6.07, 6.45) is 1.61. The van der Waals surface area contributed by atoms with E-state index >= 15 is 0 Å². The van der Waals surface area contributed by atoms with E-state index in [0.29, 0.717) is 23.7 Å². The predicted molar refractivity (Wildman–Crippen MR) is 66.9 cm³/mol. The lowest BCUT2D eigenvalue weighted by Crippen LogP contribution is -2.84. The summed E-state index contributed by atoms with van der Waals surface area (Å²) in [5, 5.41) is 15.7. The third-order valence-electron chi connectivity index (χ3n) is 2.29. The molecule has 2 aromatic rings. The molecule has 0 saturated carbocycles. The molecule has 2 heterocycles. The van der Waals surface area contributed by atoms with Crippen LogP contribution < -0.4 is 10.6 Å². The minimum atomic E-state index is -0.125. The Hall–Kier alpha value is -2.10. The lowest BCUT2D eigenvalue weighted by atomic mass is 10.3. The van der Waals surface area contributed by atoms with Crippen molar-refractivity contribution >= 4 is 22.2 Å². The number of nitrogens with zero attached hydrogens (tertiary/aromatic N) is 1. The highest BCUT2D eigenvalue weighted by atomic mass is 32.1. The minimum Gasteiger partial charge on any atom is -0.463 e. The van der Waals surface area contributed by atoms with Gasteiger partial charge in [-0.3, -0.25) is 4.79 Å². The molecule has 0 aromatic carbocycles. The molecule has 6 heteroatoms. The molecule has 5 nitrogen and oxygen atoms in total. The van der Waals surface area contributed by atoms with Crippen LogP contribution in [0.4, 0.5) is 5.00 Å². The lowest BCUT2D eigenvalue weighted by Gasteiger charge is -2.02. The molecule has 0 aliphatic carbocycles. The van der Waals surface area contributed by atoms with Crippen molar-refractivity contribution in [1.82, 2.24) is 0 Å². The standard InChI is InChI=1S/C12H11N3O2S/c13-6-9-3-5-18-12(9)15-11(16)8-14-7-10-2-1-4-17-10/h1-5,14H,7-8H2,(H,15,16)/p+1. The molecule has 3 N–H and O–H groups in total. The van der Waals surface area contributed by atoms with Gasteiger partial charge in [0.05, 0.1) is 11.8 Å². The van der Waals surface area contributed by atoms with Crippen molar-refractivity contribution in [2.75, 3.05) is 11.9 Å². The van der Waals surface area contributed by atoms with Crippen molar-refractivity contribution < 1.29 is 14.5 Å². The average molecular weight is 262 g/mol. The summed E-state index contributed by atoms with van der Waals surface area (Å²) < 4.78 is 5.15. The van der Waals surface area contributed by atoms with Crippen molar-refractivity contribution in [3.63, 3.8) is 0 Å². The summed E-state index contributed by atoms with van der Waals surface area (Å²) in [5.74, 6) is 0.706. The van der Waals surface area contributed by atoms with Gasteiger partial charge in [0, 0.05) is 0 Å². The normalized spacial score (nSPS) is 9.94. The van der Waals surface area contributed by atoms with Gasteiger partial charge in [0.15, 0.2) is 12.3 Å². The monoisotopic (exact) mass is 262 g/mol. The number of amides is 1. The van der Waals surface area contributed by atoms with Crippen LogP contribution in [0.25, 0.3) is 0 Å². The van der Waals surface area contributed by atoms with E-state index in [1.54, 1.807) is 17.7 Å². The smallest absolute Gasteiger partial charge is 0.280 e. The van der Waals surface area contributed by atoms with Crippen molar-refractivity contribution in [1.29, 1.82) is 5.26 Å². The molecule has 18 heavy (non-hydrogen) atoms. The molecule has 0 aliphatic rings. The maximum atomic E-state index is 11.6. The Labute approximate surface area is 108 Å². The number of furan rings is 1. The first kappa shape index (κ1) is 12.4. The summed E-state index contributed by atoms with van der Waals surface area (Å²) in [7, 11) is 0. The molecule has 0 aliphatic heterocycles. The second-order valence-electron chi connectivity index (χ2n) is 3.60. The topological polar surface area (TPSA) is 82.6 Å². The van der Waals surface area contributed by atoms with Crippen molar-refractivity contribution in [2.24, 2.45) is 0 Å². The highest BCUT2D eigenvalue weighted by molar-refractivity contribution is 7.14. The molecule has 0 saturated heterocycles. The van der Waals surface area contributed by atoms with Crippen LogP contribution >= 0.6 is 11.3 Å². The third-order valence-corrected chi connectivity index (χ3v) is 3.12. The van der Waals surface area contributed by atoms with Crippen molar-refractivity contribution in [3.05, 3.63) is 41.2 Å². The number of thiophene rings is 1. The molecule has 2 rings (SSSR count). The Balaban J connectivity index is 1.77. The highest BCUT2D eigenvalue weighted by Crippen LogP contribution is 2.21. The van der Waals surface area contributed by atoms with Crippen LogP contribution in [0.15, 0.2) is 34.3 Å². The number of carbonyl (C=O) groups is 1.